The number of rotatable bonds is 5. The second kappa shape index (κ2) is 7.84. The second-order valence-corrected chi connectivity index (χ2v) is 8.60. The van der Waals surface area contributed by atoms with E-state index in [1.54, 1.807) is 12.1 Å². The summed E-state index contributed by atoms with van der Waals surface area (Å²) >= 11 is 0. The van der Waals surface area contributed by atoms with Crippen molar-refractivity contribution in [3.05, 3.63) is 29.3 Å². The van der Waals surface area contributed by atoms with Gasteiger partial charge in [-0.05, 0) is 48.9 Å². The lowest BCUT2D eigenvalue weighted by Gasteiger charge is -2.35. The molecule has 0 amide bonds. The summed E-state index contributed by atoms with van der Waals surface area (Å²) in [5, 5.41) is 3.00. The van der Waals surface area contributed by atoms with E-state index in [0.29, 0.717) is 13.1 Å². The van der Waals surface area contributed by atoms with E-state index in [2.05, 4.69) is 10.0 Å². The number of nitrogens with one attached hydrogen (secondary N) is 2. The lowest BCUT2D eigenvalue weighted by Crippen LogP contribution is -2.57. The third kappa shape index (κ3) is 4.57. The Morgan fingerprint density at radius 1 is 1.12 bits per heavy atom. The van der Waals surface area contributed by atoms with Gasteiger partial charge in [0, 0.05) is 32.7 Å². The number of aryl methyl sites for hydroxylation is 2. The Morgan fingerprint density at radius 2 is 1.77 bits per heavy atom. The molecular formula is C17H24F3N3O2S. The molecule has 0 bridgehead atoms. The number of hydrogen-bond donors (Lipinski definition) is 2. The zero-order chi connectivity index (χ0) is 18.8. The minimum absolute atomic E-state index is 0.0411. The Bertz CT molecular complexity index is 731. The summed E-state index contributed by atoms with van der Waals surface area (Å²) < 4.78 is 67.5. The quantitative estimate of drug-likeness (QED) is 0.802. The van der Waals surface area contributed by atoms with Crippen LogP contribution in [0.25, 0.3) is 0 Å². The highest BCUT2D eigenvalue weighted by atomic mass is 32.2. The van der Waals surface area contributed by atoms with E-state index in [4.69, 9.17) is 0 Å². The van der Waals surface area contributed by atoms with Gasteiger partial charge in [0.25, 0.3) is 0 Å². The predicted octanol–water partition coefficient (Wildman–Crippen LogP) is 1.68. The number of piperazine rings is 1. The van der Waals surface area contributed by atoms with Gasteiger partial charge in [-0.25, -0.2) is 13.1 Å². The van der Waals surface area contributed by atoms with Crippen LogP contribution in [0.5, 0.6) is 0 Å². The maximum atomic E-state index is 13.4. The molecule has 2 aliphatic rings. The summed E-state index contributed by atoms with van der Waals surface area (Å²) in [6.07, 6.45) is -0.680. The van der Waals surface area contributed by atoms with Crippen LogP contribution in [0.3, 0.4) is 0 Å². The van der Waals surface area contributed by atoms with Crippen LogP contribution in [0, 0.1) is 0 Å². The van der Waals surface area contributed by atoms with Crippen LogP contribution in [0.2, 0.25) is 0 Å². The molecule has 1 saturated heterocycles. The molecule has 2 N–H and O–H groups in total. The summed E-state index contributed by atoms with van der Waals surface area (Å²) in [6, 6.07) is 3.04. The van der Waals surface area contributed by atoms with E-state index in [1.807, 2.05) is 0 Å². The first-order valence-electron chi connectivity index (χ1n) is 8.90. The first kappa shape index (κ1) is 19.6. The number of benzene rings is 1. The largest absolute Gasteiger partial charge is 0.405 e. The van der Waals surface area contributed by atoms with Gasteiger partial charge in [0.2, 0.25) is 10.0 Å². The van der Waals surface area contributed by atoms with E-state index in [9.17, 15) is 21.6 Å². The Hall–Kier alpha value is -1.16. The first-order chi connectivity index (χ1) is 12.3. The summed E-state index contributed by atoms with van der Waals surface area (Å²) in [7, 11) is -3.98. The van der Waals surface area contributed by atoms with Crippen LogP contribution >= 0.6 is 0 Å². The fourth-order valence-corrected chi connectivity index (χ4v) is 4.68. The van der Waals surface area contributed by atoms with Crippen molar-refractivity contribution in [2.75, 3.05) is 32.7 Å². The third-order valence-electron chi connectivity index (χ3n) is 5.07. The van der Waals surface area contributed by atoms with Gasteiger partial charge < -0.3 is 5.32 Å². The molecule has 0 aromatic heterocycles. The van der Waals surface area contributed by atoms with Gasteiger partial charge in [0.15, 0.2) is 0 Å². The maximum absolute atomic E-state index is 13.4. The van der Waals surface area contributed by atoms with Gasteiger partial charge in [0.05, 0.1) is 4.90 Å². The van der Waals surface area contributed by atoms with Crippen molar-refractivity contribution in [1.82, 2.24) is 14.9 Å². The lowest BCUT2D eigenvalue weighted by atomic mass is 9.92. The monoisotopic (exact) mass is 391 g/mol. The molecule has 0 saturated carbocycles. The van der Waals surface area contributed by atoms with Crippen molar-refractivity contribution < 1.29 is 21.6 Å². The molecule has 1 atom stereocenters. The van der Waals surface area contributed by atoms with Crippen molar-refractivity contribution in [3.8, 4) is 0 Å². The topological polar surface area (TPSA) is 61.4 Å². The molecular weight excluding hydrogens is 367 g/mol. The predicted molar refractivity (Wildman–Crippen MR) is 92.6 cm³/mol. The van der Waals surface area contributed by atoms with Crippen LogP contribution in [-0.2, 0) is 22.9 Å². The van der Waals surface area contributed by atoms with Crippen LogP contribution in [0.4, 0.5) is 13.2 Å². The van der Waals surface area contributed by atoms with Gasteiger partial charge in [0.1, 0.15) is 6.04 Å². The van der Waals surface area contributed by atoms with Gasteiger partial charge in [-0.3, -0.25) is 4.90 Å². The molecule has 1 heterocycles. The minimum atomic E-state index is -4.49. The Morgan fingerprint density at radius 3 is 2.42 bits per heavy atom. The molecule has 1 aromatic rings. The van der Waals surface area contributed by atoms with Gasteiger partial charge in [-0.15, -0.1) is 0 Å². The van der Waals surface area contributed by atoms with Gasteiger partial charge >= 0.3 is 6.18 Å². The fourth-order valence-electron chi connectivity index (χ4n) is 3.59. The zero-order valence-electron chi connectivity index (χ0n) is 14.5. The van der Waals surface area contributed by atoms with Gasteiger partial charge in [-0.2, -0.15) is 13.2 Å². The molecule has 26 heavy (non-hydrogen) atoms. The van der Waals surface area contributed by atoms with Crippen LogP contribution < -0.4 is 10.0 Å². The summed E-state index contributed by atoms with van der Waals surface area (Å²) in [5.41, 5.74) is 2.11. The third-order valence-corrected chi connectivity index (χ3v) is 6.49. The minimum Gasteiger partial charge on any atom is -0.314 e. The zero-order valence-corrected chi connectivity index (χ0v) is 15.3. The molecule has 0 radical (unpaired) electrons. The van der Waals surface area contributed by atoms with Crippen molar-refractivity contribution in [2.45, 2.75) is 42.8 Å². The summed E-state index contributed by atoms with van der Waals surface area (Å²) in [6.45, 7) is 0.729. The smallest absolute Gasteiger partial charge is 0.314 e. The molecule has 3 rings (SSSR count). The highest BCUT2D eigenvalue weighted by molar-refractivity contribution is 7.89. The number of halogens is 3. The van der Waals surface area contributed by atoms with E-state index < -0.39 is 28.8 Å². The van der Waals surface area contributed by atoms with Crippen LogP contribution in [0.1, 0.15) is 24.0 Å². The van der Waals surface area contributed by atoms with Crippen LogP contribution in [0.15, 0.2) is 23.1 Å². The number of fused-ring (bicyclic) bond motifs is 1. The second-order valence-electron chi connectivity index (χ2n) is 6.83. The number of sulfonamides is 1. The van der Waals surface area contributed by atoms with E-state index >= 15 is 0 Å². The molecule has 0 spiro atoms. The summed E-state index contributed by atoms with van der Waals surface area (Å²) in [4.78, 5) is 1.32. The van der Waals surface area contributed by atoms with Crippen molar-refractivity contribution in [3.63, 3.8) is 0 Å². The molecule has 1 aliphatic heterocycles. The molecule has 1 unspecified atom stereocenters. The average Bonchev–Trinajstić information content (AvgIpc) is 2.61. The number of hydrogen-bond acceptors (Lipinski definition) is 4. The Balaban J connectivity index is 1.73. The number of nitrogens with zero attached hydrogens (tertiary/aromatic N) is 1. The molecule has 146 valence electrons. The van der Waals surface area contributed by atoms with E-state index in [0.717, 1.165) is 36.8 Å². The maximum Gasteiger partial charge on any atom is 0.405 e. The summed E-state index contributed by atoms with van der Waals surface area (Å²) in [5.74, 6) is 0. The Kier molecular flexibility index (Phi) is 5.91. The van der Waals surface area contributed by atoms with Crippen molar-refractivity contribution >= 4 is 10.0 Å². The molecule has 1 aliphatic carbocycles. The number of alkyl halides is 3. The molecule has 1 fully saturated rings. The first-order valence-corrected chi connectivity index (χ1v) is 10.4. The van der Waals surface area contributed by atoms with Crippen molar-refractivity contribution in [1.29, 1.82) is 0 Å². The highest BCUT2D eigenvalue weighted by Gasteiger charge is 2.44. The van der Waals surface area contributed by atoms with Crippen molar-refractivity contribution in [2.24, 2.45) is 0 Å². The molecule has 5 nitrogen and oxygen atoms in total. The standard InChI is InChI=1S/C17H24F3N3O2S/c18-17(19,20)16(23-9-7-21-8-10-23)12-22-26(24,25)15-6-5-13-3-1-2-4-14(13)11-15/h5-6,11,16,21-22H,1-4,7-10,12H2. The van der Waals surface area contributed by atoms with E-state index in [1.165, 1.54) is 11.0 Å². The van der Waals surface area contributed by atoms with Gasteiger partial charge in [-0.1, -0.05) is 6.07 Å². The SMILES string of the molecule is O=S(=O)(NCC(N1CCNCC1)C(F)(F)F)c1ccc2c(c1)CCCC2. The van der Waals surface area contributed by atoms with Crippen LogP contribution in [-0.4, -0.2) is 58.3 Å². The van der Waals surface area contributed by atoms with E-state index in [-0.39, 0.29) is 18.0 Å². The molecule has 1 aromatic carbocycles. The molecule has 9 heteroatoms. The average molecular weight is 391 g/mol. The Labute approximate surface area is 152 Å². The fraction of sp³-hybridized carbons (Fsp3) is 0.647. The lowest BCUT2D eigenvalue weighted by molar-refractivity contribution is -0.182. The highest BCUT2D eigenvalue weighted by Crippen LogP contribution is 2.26. The normalized spacial score (nSPS) is 20.6.